The van der Waals surface area contributed by atoms with Crippen LogP contribution in [0.15, 0.2) is 60.4 Å². The summed E-state index contributed by atoms with van der Waals surface area (Å²) in [6, 6.07) is 12.1. The molecule has 4 rings (SSSR count). The van der Waals surface area contributed by atoms with E-state index in [0.29, 0.717) is 17.9 Å². The molecule has 0 saturated heterocycles. The van der Waals surface area contributed by atoms with Gasteiger partial charge in [0.15, 0.2) is 8.32 Å². The van der Waals surface area contributed by atoms with Crippen LogP contribution in [0, 0.1) is 12.7 Å². The standard InChI is InChI=1S/C29H36FN3O3Si/c1-19-15-21-11-12-33(13-14-36-37(5,6)29(2,3)4)26(21)17-25(19)32-28(35)24-18-31-27(34)16-23(24)20-7-9-22(30)10-8-20/h7-12,15,17-18,23H,13-14,16H2,1-6H3,(H,31,34)(H,32,35). The second-order valence-electron chi connectivity index (χ2n) is 11.3. The Labute approximate surface area is 219 Å². The van der Waals surface area contributed by atoms with E-state index in [1.807, 2.05) is 13.0 Å². The molecular formula is C29H36FN3O3Si. The summed E-state index contributed by atoms with van der Waals surface area (Å²) < 4.78 is 22.0. The maximum atomic E-state index is 13.5. The molecule has 0 aliphatic carbocycles. The maximum absolute atomic E-state index is 13.5. The zero-order valence-electron chi connectivity index (χ0n) is 22.4. The first-order valence-corrected chi connectivity index (χ1v) is 15.6. The third-order valence-corrected chi connectivity index (χ3v) is 12.2. The molecule has 2 N–H and O–H groups in total. The minimum atomic E-state index is -1.84. The van der Waals surface area contributed by atoms with Crippen LogP contribution in [-0.4, -0.2) is 31.3 Å². The number of amides is 2. The van der Waals surface area contributed by atoms with Crippen LogP contribution in [0.5, 0.6) is 0 Å². The van der Waals surface area contributed by atoms with E-state index < -0.39 is 14.2 Å². The SMILES string of the molecule is Cc1cc2ccn(CCO[Si](C)(C)C(C)(C)C)c2cc1NC(=O)C1=CNC(=O)CC1c1ccc(F)cc1. The van der Waals surface area contributed by atoms with Crippen molar-refractivity contribution in [2.75, 3.05) is 11.9 Å². The molecule has 1 aliphatic heterocycles. The lowest BCUT2D eigenvalue weighted by molar-refractivity contribution is -0.121. The third-order valence-electron chi connectivity index (χ3n) is 7.65. The maximum Gasteiger partial charge on any atom is 0.253 e. The number of hydrogen-bond acceptors (Lipinski definition) is 3. The van der Waals surface area contributed by atoms with Crippen LogP contribution < -0.4 is 10.6 Å². The average molecular weight is 522 g/mol. The van der Waals surface area contributed by atoms with Crippen molar-refractivity contribution in [3.05, 3.63) is 77.4 Å². The Kier molecular flexibility index (Phi) is 7.44. The molecule has 1 aliphatic rings. The molecule has 6 nitrogen and oxygen atoms in total. The van der Waals surface area contributed by atoms with E-state index in [9.17, 15) is 14.0 Å². The molecule has 2 aromatic carbocycles. The number of carbonyl (C=O) groups excluding carboxylic acids is 2. The van der Waals surface area contributed by atoms with Crippen LogP contribution in [0.3, 0.4) is 0 Å². The van der Waals surface area contributed by atoms with Gasteiger partial charge in [0.05, 0.1) is 12.1 Å². The van der Waals surface area contributed by atoms with Crippen molar-refractivity contribution >= 4 is 36.7 Å². The number of fused-ring (bicyclic) bond motifs is 1. The van der Waals surface area contributed by atoms with E-state index >= 15 is 0 Å². The minimum absolute atomic E-state index is 0.125. The van der Waals surface area contributed by atoms with Crippen LogP contribution in [0.25, 0.3) is 10.9 Å². The van der Waals surface area contributed by atoms with E-state index in [2.05, 4.69) is 67.4 Å². The summed E-state index contributed by atoms with van der Waals surface area (Å²) >= 11 is 0. The Hall–Kier alpha value is -3.23. The molecule has 2 heterocycles. The summed E-state index contributed by atoms with van der Waals surface area (Å²) in [5.41, 5.74) is 3.82. The minimum Gasteiger partial charge on any atom is -0.415 e. The molecule has 0 radical (unpaired) electrons. The number of aryl methyl sites for hydroxylation is 1. The monoisotopic (exact) mass is 521 g/mol. The topological polar surface area (TPSA) is 72.4 Å². The highest BCUT2D eigenvalue weighted by molar-refractivity contribution is 6.74. The van der Waals surface area contributed by atoms with E-state index in [1.165, 1.54) is 18.3 Å². The average Bonchev–Trinajstić information content (AvgIpc) is 3.20. The van der Waals surface area contributed by atoms with Crippen molar-refractivity contribution < 1.29 is 18.4 Å². The first-order chi connectivity index (χ1) is 17.4. The number of hydrogen-bond donors (Lipinski definition) is 2. The summed E-state index contributed by atoms with van der Waals surface area (Å²) in [5.74, 6) is -1.28. The Morgan fingerprint density at radius 1 is 1.19 bits per heavy atom. The van der Waals surface area contributed by atoms with Gasteiger partial charge in [-0.2, -0.15) is 0 Å². The largest absolute Gasteiger partial charge is 0.415 e. The van der Waals surface area contributed by atoms with Gasteiger partial charge in [0, 0.05) is 42.5 Å². The number of nitrogens with zero attached hydrogens (tertiary/aromatic N) is 1. The number of rotatable bonds is 7. The smallest absolute Gasteiger partial charge is 0.253 e. The Balaban J connectivity index is 1.54. The zero-order valence-corrected chi connectivity index (χ0v) is 23.4. The molecule has 3 aromatic rings. The number of benzene rings is 2. The van der Waals surface area contributed by atoms with E-state index in [4.69, 9.17) is 4.43 Å². The molecule has 0 spiro atoms. The van der Waals surface area contributed by atoms with Gasteiger partial charge in [-0.25, -0.2) is 4.39 Å². The predicted octanol–water partition coefficient (Wildman–Crippen LogP) is 6.24. The summed E-state index contributed by atoms with van der Waals surface area (Å²) in [6.45, 7) is 14.5. The van der Waals surface area contributed by atoms with Crippen molar-refractivity contribution in [3.8, 4) is 0 Å². The molecule has 2 amide bonds. The summed E-state index contributed by atoms with van der Waals surface area (Å²) in [4.78, 5) is 25.5. The number of halogens is 1. The third kappa shape index (κ3) is 5.86. The second kappa shape index (κ2) is 10.3. The van der Waals surface area contributed by atoms with Crippen molar-refractivity contribution in [2.24, 2.45) is 0 Å². The van der Waals surface area contributed by atoms with Gasteiger partial charge < -0.3 is 19.6 Å². The highest BCUT2D eigenvalue weighted by Gasteiger charge is 2.37. The van der Waals surface area contributed by atoms with Crippen LogP contribution in [0.1, 0.15) is 44.2 Å². The number of aromatic nitrogens is 1. The Morgan fingerprint density at radius 2 is 1.89 bits per heavy atom. The predicted molar refractivity (Wildman–Crippen MR) is 148 cm³/mol. The van der Waals surface area contributed by atoms with Crippen molar-refractivity contribution in [2.45, 2.75) is 64.7 Å². The van der Waals surface area contributed by atoms with Gasteiger partial charge in [0.25, 0.3) is 5.91 Å². The van der Waals surface area contributed by atoms with Gasteiger partial charge in [-0.1, -0.05) is 32.9 Å². The number of carbonyl (C=O) groups is 2. The lowest BCUT2D eigenvalue weighted by atomic mass is 9.86. The van der Waals surface area contributed by atoms with Crippen LogP contribution in [0.2, 0.25) is 18.1 Å². The van der Waals surface area contributed by atoms with Gasteiger partial charge in [-0.3, -0.25) is 9.59 Å². The fourth-order valence-corrected chi connectivity index (χ4v) is 5.36. The van der Waals surface area contributed by atoms with Crippen LogP contribution >= 0.6 is 0 Å². The van der Waals surface area contributed by atoms with Gasteiger partial charge in [0.1, 0.15) is 5.82 Å². The fraction of sp³-hybridized carbons (Fsp3) is 0.379. The molecule has 0 fully saturated rings. The number of nitrogens with one attached hydrogen (secondary N) is 2. The van der Waals surface area contributed by atoms with Gasteiger partial charge >= 0.3 is 0 Å². The van der Waals surface area contributed by atoms with E-state index in [0.717, 1.165) is 28.6 Å². The number of anilines is 1. The summed E-state index contributed by atoms with van der Waals surface area (Å²) in [7, 11) is -1.84. The summed E-state index contributed by atoms with van der Waals surface area (Å²) in [5, 5.41) is 6.95. The molecule has 1 unspecified atom stereocenters. The molecule has 0 saturated carbocycles. The lowest BCUT2D eigenvalue weighted by Crippen LogP contribution is -2.41. The van der Waals surface area contributed by atoms with Crippen LogP contribution in [-0.2, 0) is 20.6 Å². The molecule has 1 aromatic heterocycles. The molecule has 1 atom stereocenters. The molecule has 37 heavy (non-hydrogen) atoms. The van der Waals surface area contributed by atoms with Gasteiger partial charge in [0.2, 0.25) is 5.91 Å². The Bertz CT molecular complexity index is 1350. The molecule has 0 bridgehead atoms. The van der Waals surface area contributed by atoms with E-state index in [1.54, 1.807) is 12.1 Å². The highest BCUT2D eigenvalue weighted by Crippen LogP contribution is 2.37. The first kappa shape index (κ1) is 26.8. The van der Waals surface area contributed by atoms with Gasteiger partial charge in [-0.15, -0.1) is 0 Å². The van der Waals surface area contributed by atoms with Crippen molar-refractivity contribution in [1.29, 1.82) is 0 Å². The normalized spacial score (nSPS) is 16.5. The van der Waals surface area contributed by atoms with Crippen molar-refractivity contribution in [3.63, 3.8) is 0 Å². The van der Waals surface area contributed by atoms with Crippen molar-refractivity contribution in [1.82, 2.24) is 9.88 Å². The van der Waals surface area contributed by atoms with E-state index in [-0.39, 0.29) is 29.1 Å². The first-order valence-electron chi connectivity index (χ1n) is 12.7. The highest BCUT2D eigenvalue weighted by atomic mass is 28.4. The molecule has 196 valence electrons. The lowest BCUT2D eigenvalue weighted by Gasteiger charge is -2.36. The molecule has 8 heteroatoms. The molecular weight excluding hydrogens is 485 g/mol. The quantitative estimate of drug-likeness (QED) is 0.362. The summed E-state index contributed by atoms with van der Waals surface area (Å²) in [6.07, 6.45) is 3.64. The zero-order chi connectivity index (χ0) is 27.0. The van der Waals surface area contributed by atoms with Gasteiger partial charge in [-0.05, 0) is 71.9 Å². The second-order valence-corrected chi connectivity index (χ2v) is 16.1. The fourth-order valence-electron chi connectivity index (χ4n) is 4.32. The Morgan fingerprint density at radius 3 is 2.57 bits per heavy atom. The van der Waals surface area contributed by atoms with Crippen LogP contribution in [0.4, 0.5) is 10.1 Å².